The van der Waals surface area contributed by atoms with E-state index in [0.717, 1.165) is 12.1 Å². The van der Waals surface area contributed by atoms with Crippen LogP contribution >= 0.6 is 0 Å². The quantitative estimate of drug-likeness (QED) is 0.502. The number of amides is 1. The number of rotatable bonds is 1. The first-order valence-corrected chi connectivity index (χ1v) is 8.50. The Balaban J connectivity index is 2.04. The lowest BCUT2D eigenvalue weighted by Gasteiger charge is -2.32. The Kier molecular flexibility index (Phi) is 4.88. The van der Waals surface area contributed by atoms with Crippen LogP contribution in [0.15, 0.2) is 24.3 Å². The molecule has 0 aliphatic carbocycles. The first kappa shape index (κ1) is 19.2. The summed E-state index contributed by atoms with van der Waals surface area (Å²) in [5.41, 5.74) is 0.0228. The van der Waals surface area contributed by atoms with E-state index in [1.165, 1.54) is 11.0 Å². The molecule has 1 heterocycles. The molecular formula is C20H19F4NO2. The van der Waals surface area contributed by atoms with Gasteiger partial charge in [0.2, 0.25) is 0 Å². The number of benzene rings is 2. The van der Waals surface area contributed by atoms with E-state index in [2.05, 4.69) is 0 Å². The third-order valence-electron chi connectivity index (χ3n) is 4.31. The first-order valence-electron chi connectivity index (χ1n) is 8.50. The number of carbonyl (C=O) groups excluding carboxylic acids is 1. The molecule has 0 fully saturated rings. The minimum atomic E-state index is -1.30. The number of hydrogen-bond donors (Lipinski definition) is 0. The Morgan fingerprint density at radius 2 is 1.59 bits per heavy atom. The standard InChI is InChI=1S/C20H19F4NO2/c1-20(2,3)27-19(26)25-7-6-12-14(10-25)11(4-5-15(12)21)13-8-17(23)18(24)9-16(13)22/h4-5,8-9H,6-7,10H2,1-3H3. The minimum Gasteiger partial charge on any atom is -0.444 e. The van der Waals surface area contributed by atoms with E-state index in [0.29, 0.717) is 17.2 Å². The first-order chi connectivity index (χ1) is 12.6. The van der Waals surface area contributed by atoms with Gasteiger partial charge >= 0.3 is 6.09 Å². The van der Waals surface area contributed by atoms with E-state index in [4.69, 9.17) is 4.74 Å². The SMILES string of the molecule is CC(C)(C)OC(=O)N1CCc2c(F)ccc(-c3cc(F)c(F)cc3F)c2C1. The molecule has 3 rings (SSSR count). The van der Waals surface area contributed by atoms with Crippen molar-refractivity contribution in [2.75, 3.05) is 6.54 Å². The van der Waals surface area contributed by atoms with Gasteiger partial charge in [0.1, 0.15) is 17.2 Å². The summed E-state index contributed by atoms with van der Waals surface area (Å²) in [6.07, 6.45) is -0.367. The van der Waals surface area contributed by atoms with E-state index in [-0.39, 0.29) is 30.6 Å². The van der Waals surface area contributed by atoms with Crippen molar-refractivity contribution in [3.8, 4) is 11.1 Å². The molecule has 0 saturated heterocycles. The van der Waals surface area contributed by atoms with Crippen molar-refractivity contribution in [1.29, 1.82) is 0 Å². The van der Waals surface area contributed by atoms with Crippen LogP contribution in [0.2, 0.25) is 0 Å². The molecule has 0 radical (unpaired) electrons. The smallest absolute Gasteiger partial charge is 0.410 e. The van der Waals surface area contributed by atoms with Crippen molar-refractivity contribution in [1.82, 2.24) is 4.90 Å². The Morgan fingerprint density at radius 3 is 2.26 bits per heavy atom. The highest BCUT2D eigenvalue weighted by Gasteiger charge is 2.29. The van der Waals surface area contributed by atoms with Crippen LogP contribution in [0.3, 0.4) is 0 Å². The Bertz CT molecular complexity index is 906. The summed E-state index contributed by atoms with van der Waals surface area (Å²) < 4.78 is 60.7. The van der Waals surface area contributed by atoms with Gasteiger partial charge < -0.3 is 9.64 Å². The second-order valence-electron chi connectivity index (χ2n) is 7.45. The molecule has 0 unspecified atom stereocenters. The Morgan fingerprint density at radius 1 is 0.926 bits per heavy atom. The van der Waals surface area contributed by atoms with E-state index < -0.39 is 35.0 Å². The van der Waals surface area contributed by atoms with Crippen LogP contribution < -0.4 is 0 Å². The van der Waals surface area contributed by atoms with E-state index in [9.17, 15) is 22.4 Å². The minimum absolute atomic E-state index is 0.0181. The fourth-order valence-electron chi connectivity index (χ4n) is 3.10. The average molecular weight is 381 g/mol. The van der Waals surface area contributed by atoms with E-state index in [1.807, 2.05) is 0 Å². The van der Waals surface area contributed by atoms with Crippen molar-refractivity contribution >= 4 is 6.09 Å². The van der Waals surface area contributed by atoms with Crippen molar-refractivity contribution < 1.29 is 27.1 Å². The molecule has 1 aliphatic heterocycles. The summed E-state index contributed by atoms with van der Waals surface area (Å²) in [4.78, 5) is 13.7. The lowest BCUT2D eigenvalue weighted by atomic mass is 9.90. The highest BCUT2D eigenvalue weighted by atomic mass is 19.2. The molecule has 27 heavy (non-hydrogen) atoms. The predicted molar refractivity (Wildman–Crippen MR) is 92.1 cm³/mol. The van der Waals surface area contributed by atoms with Gasteiger partial charge in [-0.15, -0.1) is 0 Å². The molecule has 2 aromatic carbocycles. The zero-order valence-electron chi connectivity index (χ0n) is 15.2. The summed E-state index contributed by atoms with van der Waals surface area (Å²) in [5, 5.41) is 0. The zero-order chi connectivity index (χ0) is 19.9. The third kappa shape index (κ3) is 3.91. The van der Waals surface area contributed by atoms with Crippen molar-refractivity contribution in [3.05, 3.63) is 58.7 Å². The highest BCUT2D eigenvalue weighted by molar-refractivity contribution is 5.73. The molecule has 2 aromatic rings. The fourth-order valence-corrected chi connectivity index (χ4v) is 3.10. The molecule has 144 valence electrons. The Hall–Kier alpha value is -2.57. The van der Waals surface area contributed by atoms with E-state index >= 15 is 0 Å². The summed E-state index contributed by atoms with van der Waals surface area (Å²) >= 11 is 0. The van der Waals surface area contributed by atoms with Crippen molar-refractivity contribution in [2.24, 2.45) is 0 Å². The van der Waals surface area contributed by atoms with Gasteiger partial charge in [-0.2, -0.15) is 0 Å². The topological polar surface area (TPSA) is 29.5 Å². The fraction of sp³-hybridized carbons (Fsp3) is 0.350. The second-order valence-corrected chi connectivity index (χ2v) is 7.45. The zero-order valence-corrected chi connectivity index (χ0v) is 15.2. The predicted octanol–water partition coefficient (Wildman–Crippen LogP) is 5.20. The van der Waals surface area contributed by atoms with Gasteiger partial charge in [-0.3, -0.25) is 0 Å². The summed E-state index contributed by atoms with van der Waals surface area (Å²) in [6, 6.07) is 3.67. The number of nitrogens with zero attached hydrogens (tertiary/aromatic N) is 1. The summed E-state index contributed by atoms with van der Waals surface area (Å²) in [6.45, 7) is 5.40. The maximum absolute atomic E-state index is 14.3. The lowest BCUT2D eigenvalue weighted by molar-refractivity contribution is 0.0223. The van der Waals surface area contributed by atoms with Crippen LogP contribution in [-0.4, -0.2) is 23.1 Å². The van der Waals surface area contributed by atoms with Crippen LogP contribution in [-0.2, 0) is 17.7 Å². The summed E-state index contributed by atoms with van der Waals surface area (Å²) in [5.74, 6) is -3.95. The Labute approximate surface area is 154 Å². The lowest BCUT2D eigenvalue weighted by Crippen LogP contribution is -2.40. The molecule has 0 saturated carbocycles. The van der Waals surface area contributed by atoms with Crippen LogP contribution in [0.4, 0.5) is 22.4 Å². The van der Waals surface area contributed by atoms with Crippen LogP contribution in [0.1, 0.15) is 31.9 Å². The number of halogens is 4. The van der Waals surface area contributed by atoms with Gasteiger partial charge in [-0.05, 0) is 56.0 Å². The molecule has 1 amide bonds. The largest absolute Gasteiger partial charge is 0.444 e. The molecule has 0 atom stereocenters. The van der Waals surface area contributed by atoms with Crippen LogP contribution in [0, 0.1) is 23.3 Å². The normalized spacial score (nSPS) is 14.1. The van der Waals surface area contributed by atoms with E-state index in [1.54, 1.807) is 20.8 Å². The number of hydrogen-bond acceptors (Lipinski definition) is 2. The van der Waals surface area contributed by atoms with Crippen LogP contribution in [0.5, 0.6) is 0 Å². The molecule has 0 bridgehead atoms. The number of fused-ring (bicyclic) bond motifs is 1. The van der Waals surface area contributed by atoms with Gasteiger partial charge in [0.15, 0.2) is 11.6 Å². The monoisotopic (exact) mass is 381 g/mol. The number of ether oxygens (including phenoxy) is 1. The summed E-state index contributed by atoms with van der Waals surface area (Å²) in [7, 11) is 0. The average Bonchev–Trinajstić information content (AvgIpc) is 2.57. The molecule has 7 heteroatoms. The molecule has 1 aliphatic rings. The third-order valence-corrected chi connectivity index (χ3v) is 4.31. The van der Waals surface area contributed by atoms with Gasteiger partial charge in [0.25, 0.3) is 0 Å². The molecular weight excluding hydrogens is 362 g/mol. The molecule has 0 aromatic heterocycles. The molecule has 3 nitrogen and oxygen atoms in total. The number of carbonyl (C=O) groups is 1. The van der Waals surface area contributed by atoms with Crippen molar-refractivity contribution in [2.45, 2.75) is 39.3 Å². The van der Waals surface area contributed by atoms with Crippen LogP contribution in [0.25, 0.3) is 11.1 Å². The molecule has 0 N–H and O–H groups in total. The highest BCUT2D eigenvalue weighted by Crippen LogP contribution is 2.34. The van der Waals surface area contributed by atoms with Gasteiger partial charge in [-0.25, -0.2) is 22.4 Å². The maximum Gasteiger partial charge on any atom is 0.410 e. The molecule has 0 spiro atoms. The van der Waals surface area contributed by atoms with Gasteiger partial charge in [-0.1, -0.05) is 6.07 Å². The van der Waals surface area contributed by atoms with Gasteiger partial charge in [0.05, 0.1) is 0 Å². The van der Waals surface area contributed by atoms with Crippen molar-refractivity contribution in [3.63, 3.8) is 0 Å². The van der Waals surface area contributed by atoms with Gasteiger partial charge in [0, 0.05) is 24.7 Å². The maximum atomic E-state index is 14.3. The second kappa shape index (κ2) is 6.87.